The summed E-state index contributed by atoms with van der Waals surface area (Å²) >= 11 is 0. The second kappa shape index (κ2) is 7.16. The second-order valence-corrected chi connectivity index (χ2v) is 5.99. The van der Waals surface area contributed by atoms with Gasteiger partial charge in [-0.1, -0.05) is 6.07 Å². The van der Waals surface area contributed by atoms with Crippen LogP contribution in [0.15, 0.2) is 42.7 Å². The molecule has 0 spiro atoms. The summed E-state index contributed by atoms with van der Waals surface area (Å²) in [5.74, 6) is -1.02. The Balaban J connectivity index is 1.54. The van der Waals surface area contributed by atoms with Crippen LogP contribution in [0.25, 0.3) is 5.69 Å². The van der Waals surface area contributed by atoms with Gasteiger partial charge in [-0.3, -0.25) is 4.79 Å². The number of carboxylic acid groups (broad SMARTS) is 1. The SMILES string of the molecule is O=C(Nc1cccc(-n2cccn2)c1)NC1CCC(C(=O)O)CC1. The van der Waals surface area contributed by atoms with E-state index in [1.807, 2.05) is 36.5 Å². The summed E-state index contributed by atoms with van der Waals surface area (Å²) in [5.41, 5.74) is 1.54. The first-order valence-corrected chi connectivity index (χ1v) is 8.02. The number of benzene rings is 1. The number of anilines is 1. The lowest BCUT2D eigenvalue weighted by Gasteiger charge is -2.26. The van der Waals surface area contributed by atoms with Crippen LogP contribution in [-0.4, -0.2) is 32.9 Å². The Morgan fingerprint density at radius 2 is 1.96 bits per heavy atom. The maximum atomic E-state index is 12.1. The van der Waals surface area contributed by atoms with E-state index >= 15 is 0 Å². The molecule has 1 aromatic heterocycles. The predicted octanol–water partition coefficient (Wildman–Crippen LogP) is 2.64. The number of aliphatic carboxylic acids is 1. The Morgan fingerprint density at radius 1 is 1.17 bits per heavy atom. The van der Waals surface area contributed by atoms with Crippen LogP contribution >= 0.6 is 0 Å². The maximum Gasteiger partial charge on any atom is 0.319 e. The summed E-state index contributed by atoms with van der Waals surface area (Å²) in [7, 11) is 0. The molecule has 0 unspecified atom stereocenters. The number of urea groups is 1. The average molecular weight is 328 g/mol. The average Bonchev–Trinajstić information content (AvgIpc) is 3.10. The Kier molecular flexibility index (Phi) is 4.79. The molecule has 1 saturated carbocycles. The van der Waals surface area contributed by atoms with Gasteiger partial charge in [0.15, 0.2) is 0 Å². The van der Waals surface area contributed by atoms with Gasteiger partial charge in [-0.2, -0.15) is 5.10 Å². The van der Waals surface area contributed by atoms with E-state index in [1.165, 1.54) is 0 Å². The summed E-state index contributed by atoms with van der Waals surface area (Å²) in [5, 5.41) is 18.9. The van der Waals surface area contributed by atoms with E-state index in [4.69, 9.17) is 5.11 Å². The smallest absolute Gasteiger partial charge is 0.319 e. The molecule has 24 heavy (non-hydrogen) atoms. The van der Waals surface area contributed by atoms with Crippen LogP contribution in [-0.2, 0) is 4.79 Å². The number of carbonyl (C=O) groups is 2. The molecule has 2 amide bonds. The van der Waals surface area contributed by atoms with Crippen LogP contribution in [0.4, 0.5) is 10.5 Å². The lowest BCUT2D eigenvalue weighted by atomic mass is 9.86. The van der Waals surface area contributed by atoms with Crippen molar-refractivity contribution in [2.45, 2.75) is 31.7 Å². The minimum absolute atomic E-state index is 0.0231. The molecule has 3 rings (SSSR count). The first-order chi connectivity index (χ1) is 11.6. The Bertz CT molecular complexity index is 706. The number of nitrogens with one attached hydrogen (secondary N) is 2. The Morgan fingerprint density at radius 3 is 2.62 bits per heavy atom. The number of carbonyl (C=O) groups excluding carboxylic acids is 1. The fourth-order valence-corrected chi connectivity index (χ4v) is 2.98. The number of amides is 2. The molecule has 7 heteroatoms. The fraction of sp³-hybridized carbons (Fsp3) is 0.353. The molecule has 0 saturated heterocycles. The third kappa shape index (κ3) is 3.92. The van der Waals surface area contributed by atoms with Crippen molar-refractivity contribution in [2.75, 3.05) is 5.32 Å². The maximum absolute atomic E-state index is 12.1. The molecule has 126 valence electrons. The van der Waals surface area contributed by atoms with Crippen molar-refractivity contribution in [1.29, 1.82) is 0 Å². The van der Waals surface area contributed by atoms with Gasteiger partial charge in [0.05, 0.1) is 11.6 Å². The Labute approximate surface area is 139 Å². The number of rotatable bonds is 4. The van der Waals surface area contributed by atoms with Crippen LogP contribution < -0.4 is 10.6 Å². The zero-order chi connectivity index (χ0) is 16.9. The standard InChI is InChI=1S/C17H20N4O3/c22-16(23)12-5-7-13(8-6-12)19-17(24)20-14-3-1-4-15(11-14)21-10-2-9-18-21/h1-4,9-13H,5-8H2,(H,22,23)(H2,19,20,24). The molecule has 0 aliphatic heterocycles. The number of carboxylic acids is 1. The zero-order valence-corrected chi connectivity index (χ0v) is 13.2. The van der Waals surface area contributed by atoms with Gasteiger partial charge in [0.2, 0.25) is 0 Å². The molecule has 1 aromatic carbocycles. The molecular formula is C17H20N4O3. The first kappa shape index (κ1) is 16.0. The van der Waals surface area contributed by atoms with Crippen LogP contribution in [0.2, 0.25) is 0 Å². The highest BCUT2D eigenvalue weighted by Gasteiger charge is 2.26. The topological polar surface area (TPSA) is 96.3 Å². The van der Waals surface area contributed by atoms with E-state index in [9.17, 15) is 9.59 Å². The number of hydrogen-bond acceptors (Lipinski definition) is 3. The van der Waals surface area contributed by atoms with Gasteiger partial charge < -0.3 is 15.7 Å². The lowest BCUT2D eigenvalue weighted by molar-refractivity contribution is -0.142. The van der Waals surface area contributed by atoms with Crippen LogP contribution in [0.1, 0.15) is 25.7 Å². The van der Waals surface area contributed by atoms with E-state index < -0.39 is 5.97 Å². The minimum Gasteiger partial charge on any atom is -0.481 e. The van der Waals surface area contributed by atoms with Crippen LogP contribution in [0.3, 0.4) is 0 Å². The van der Waals surface area contributed by atoms with E-state index in [0.717, 1.165) is 5.69 Å². The van der Waals surface area contributed by atoms with Gasteiger partial charge in [0, 0.05) is 24.1 Å². The van der Waals surface area contributed by atoms with Gasteiger partial charge in [0.25, 0.3) is 0 Å². The molecule has 7 nitrogen and oxygen atoms in total. The highest BCUT2D eigenvalue weighted by atomic mass is 16.4. The molecule has 0 radical (unpaired) electrons. The number of aromatic nitrogens is 2. The van der Waals surface area contributed by atoms with Crippen molar-refractivity contribution in [2.24, 2.45) is 5.92 Å². The quantitative estimate of drug-likeness (QED) is 0.804. The molecule has 2 aromatic rings. The van der Waals surface area contributed by atoms with E-state index in [1.54, 1.807) is 10.9 Å². The Hall–Kier alpha value is -2.83. The predicted molar refractivity (Wildman–Crippen MR) is 89.1 cm³/mol. The minimum atomic E-state index is -0.742. The molecular weight excluding hydrogens is 308 g/mol. The van der Waals surface area contributed by atoms with Gasteiger partial charge >= 0.3 is 12.0 Å². The van der Waals surface area contributed by atoms with Gasteiger partial charge in [0.1, 0.15) is 0 Å². The van der Waals surface area contributed by atoms with Crippen molar-refractivity contribution in [3.05, 3.63) is 42.7 Å². The summed E-state index contributed by atoms with van der Waals surface area (Å²) in [6, 6.07) is 9.00. The zero-order valence-electron chi connectivity index (χ0n) is 13.2. The summed E-state index contributed by atoms with van der Waals surface area (Å²) in [4.78, 5) is 23.1. The normalized spacial score (nSPS) is 20.3. The van der Waals surface area contributed by atoms with Gasteiger partial charge in [-0.15, -0.1) is 0 Å². The van der Waals surface area contributed by atoms with Crippen molar-refractivity contribution < 1.29 is 14.7 Å². The molecule has 1 heterocycles. The van der Waals surface area contributed by atoms with Crippen LogP contribution in [0, 0.1) is 5.92 Å². The molecule has 0 bridgehead atoms. The van der Waals surface area contributed by atoms with Crippen molar-refractivity contribution in [3.63, 3.8) is 0 Å². The van der Waals surface area contributed by atoms with Crippen molar-refractivity contribution in [1.82, 2.24) is 15.1 Å². The van der Waals surface area contributed by atoms with E-state index in [0.29, 0.717) is 31.4 Å². The first-order valence-electron chi connectivity index (χ1n) is 8.02. The third-order valence-electron chi connectivity index (χ3n) is 4.28. The molecule has 1 aliphatic carbocycles. The highest BCUT2D eigenvalue weighted by molar-refractivity contribution is 5.89. The molecule has 0 atom stereocenters. The molecule has 3 N–H and O–H groups in total. The van der Waals surface area contributed by atoms with Gasteiger partial charge in [-0.25, -0.2) is 9.48 Å². The lowest BCUT2D eigenvalue weighted by Crippen LogP contribution is -2.40. The molecule has 1 aliphatic rings. The molecule has 1 fully saturated rings. The third-order valence-corrected chi connectivity index (χ3v) is 4.28. The fourth-order valence-electron chi connectivity index (χ4n) is 2.98. The second-order valence-electron chi connectivity index (χ2n) is 5.99. The van der Waals surface area contributed by atoms with E-state index in [2.05, 4.69) is 15.7 Å². The van der Waals surface area contributed by atoms with Gasteiger partial charge in [-0.05, 0) is 49.9 Å². The summed E-state index contributed by atoms with van der Waals surface area (Å²) in [6.07, 6.45) is 6.12. The number of hydrogen-bond donors (Lipinski definition) is 3. The highest BCUT2D eigenvalue weighted by Crippen LogP contribution is 2.24. The monoisotopic (exact) mass is 328 g/mol. The largest absolute Gasteiger partial charge is 0.481 e. The van der Waals surface area contributed by atoms with Crippen molar-refractivity contribution in [3.8, 4) is 5.69 Å². The summed E-state index contributed by atoms with van der Waals surface area (Å²) in [6.45, 7) is 0. The van der Waals surface area contributed by atoms with Crippen LogP contribution in [0.5, 0.6) is 0 Å². The number of nitrogens with zero attached hydrogens (tertiary/aromatic N) is 2. The summed E-state index contributed by atoms with van der Waals surface area (Å²) < 4.78 is 1.72. The van der Waals surface area contributed by atoms with E-state index in [-0.39, 0.29) is 18.0 Å². The van der Waals surface area contributed by atoms with Crippen molar-refractivity contribution >= 4 is 17.7 Å².